The lowest BCUT2D eigenvalue weighted by Gasteiger charge is -2.00. The van der Waals surface area contributed by atoms with Crippen molar-refractivity contribution in [1.82, 2.24) is 4.98 Å². The SMILES string of the molecule is Cc1nc(CCCc2ccc(N)cc2)sc1C. The van der Waals surface area contributed by atoms with E-state index in [1.54, 1.807) is 0 Å². The molecule has 0 radical (unpaired) electrons. The van der Waals surface area contributed by atoms with Crippen LogP contribution in [0.5, 0.6) is 0 Å². The van der Waals surface area contributed by atoms with E-state index in [1.165, 1.54) is 21.1 Å². The Bertz CT molecular complexity index is 466. The molecule has 0 aliphatic rings. The average molecular weight is 246 g/mol. The van der Waals surface area contributed by atoms with Crippen LogP contribution in [0, 0.1) is 13.8 Å². The number of thiazole rings is 1. The van der Waals surface area contributed by atoms with Crippen molar-refractivity contribution in [1.29, 1.82) is 0 Å². The quantitative estimate of drug-likeness (QED) is 0.838. The van der Waals surface area contributed by atoms with Crippen LogP contribution in [0.2, 0.25) is 0 Å². The number of benzene rings is 1. The number of anilines is 1. The number of aromatic nitrogens is 1. The van der Waals surface area contributed by atoms with Gasteiger partial charge in [-0.15, -0.1) is 11.3 Å². The number of nitrogen functional groups attached to an aromatic ring is 1. The Morgan fingerprint density at radius 3 is 2.41 bits per heavy atom. The molecule has 0 spiro atoms. The van der Waals surface area contributed by atoms with E-state index >= 15 is 0 Å². The summed E-state index contributed by atoms with van der Waals surface area (Å²) in [4.78, 5) is 5.89. The van der Waals surface area contributed by atoms with Crippen molar-refractivity contribution in [2.75, 3.05) is 5.73 Å². The normalized spacial score (nSPS) is 10.7. The Morgan fingerprint density at radius 1 is 1.12 bits per heavy atom. The number of nitrogens with two attached hydrogens (primary N) is 1. The highest BCUT2D eigenvalue weighted by Gasteiger charge is 2.03. The second-order valence-corrected chi connectivity index (χ2v) is 5.63. The molecule has 1 heterocycles. The van der Waals surface area contributed by atoms with E-state index in [0.717, 1.165) is 24.9 Å². The van der Waals surface area contributed by atoms with E-state index in [4.69, 9.17) is 5.73 Å². The summed E-state index contributed by atoms with van der Waals surface area (Å²) in [5.41, 5.74) is 9.02. The molecule has 0 fully saturated rings. The first-order valence-corrected chi connectivity index (χ1v) is 6.74. The zero-order valence-corrected chi connectivity index (χ0v) is 11.2. The van der Waals surface area contributed by atoms with E-state index in [0.29, 0.717) is 0 Å². The van der Waals surface area contributed by atoms with Gasteiger partial charge in [-0.25, -0.2) is 4.98 Å². The van der Waals surface area contributed by atoms with Crippen LogP contribution in [0.3, 0.4) is 0 Å². The molecule has 2 aromatic rings. The summed E-state index contributed by atoms with van der Waals surface area (Å²) in [6, 6.07) is 8.14. The van der Waals surface area contributed by atoms with Gasteiger partial charge in [-0.2, -0.15) is 0 Å². The van der Waals surface area contributed by atoms with Gasteiger partial charge in [0.25, 0.3) is 0 Å². The predicted molar refractivity (Wildman–Crippen MR) is 74.5 cm³/mol. The van der Waals surface area contributed by atoms with Crippen molar-refractivity contribution in [3.05, 3.63) is 45.4 Å². The Kier molecular flexibility index (Phi) is 3.79. The van der Waals surface area contributed by atoms with Crippen LogP contribution in [0.4, 0.5) is 5.69 Å². The van der Waals surface area contributed by atoms with Gasteiger partial charge in [0.05, 0.1) is 10.7 Å². The largest absolute Gasteiger partial charge is 0.399 e. The summed E-state index contributed by atoms with van der Waals surface area (Å²) in [7, 11) is 0. The summed E-state index contributed by atoms with van der Waals surface area (Å²) in [6.07, 6.45) is 3.32. The van der Waals surface area contributed by atoms with Gasteiger partial charge < -0.3 is 5.73 Å². The van der Waals surface area contributed by atoms with Crippen LogP contribution < -0.4 is 5.73 Å². The molecule has 0 unspecified atom stereocenters. The minimum Gasteiger partial charge on any atom is -0.399 e. The van der Waals surface area contributed by atoms with E-state index in [9.17, 15) is 0 Å². The summed E-state index contributed by atoms with van der Waals surface area (Å²) in [6.45, 7) is 4.21. The Hall–Kier alpha value is -1.35. The lowest BCUT2D eigenvalue weighted by molar-refractivity contribution is 0.812. The van der Waals surface area contributed by atoms with Crippen molar-refractivity contribution in [3.63, 3.8) is 0 Å². The molecule has 90 valence electrons. The molecule has 0 amide bonds. The molecule has 0 aliphatic heterocycles. The number of nitrogens with zero attached hydrogens (tertiary/aromatic N) is 1. The van der Waals surface area contributed by atoms with Gasteiger partial charge in [0, 0.05) is 10.6 Å². The van der Waals surface area contributed by atoms with Crippen molar-refractivity contribution < 1.29 is 0 Å². The highest BCUT2D eigenvalue weighted by atomic mass is 32.1. The third-order valence-corrected chi connectivity index (χ3v) is 4.04. The highest BCUT2D eigenvalue weighted by Crippen LogP contribution is 2.18. The number of hydrogen-bond donors (Lipinski definition) is 1. The maximum Gasteiger partial charge on any atom is 0.0930 e. The van der Waals surface area contributed by atoms with Crippen molar-refractivity contribution in [2.45, 2.75) is 33.1 Å². The molecule has 0 atom stereocenters. The third kappa shape index (κ3) is 3.30. The molecule has 0 bridgehead atoms. The van der Waals surface area contributed by atoms with Gasteiger partial charge in [-0.05, 0) is 50.8 Å². The van der Waals surface area contributed by atoms with E-state index in [-0.39, 0.29) is 0 Å². The molecular weight excluding hydrogens is 228 g/mol. The van der Waals surface area contributed by atoms with Crippen molar-refractivity contribution in [2.24, 2.45) is 0 Å². The van der Waals surface area contributed by atoms with Crippen LogP contribution >= 0.6 is 11.3 Å². The molecule has 3 heteroatoms. The van der Waals surface area contributed by atoms with Crippen molar-refractivity contribution >= 4 is 17.0 Å². The fourth-order valence-corrected chi connectivity index (χ4v) is 2.75. The van der Waals surface area contributed by atoms with Crippen LogP contribution in [0.25, 0.3) is 0 Å². The Labute approximate surface area is 107 Å². The topological polar surface area (TPSA) is 38.9 Å². The average Bonchev–Trinajstić information content (AvgIpc) is 2.61. The molecule has 1 aromatic carbocycles. The van der Waals surface area contributed by atoms with Crippen LogP contribution in [-0.4, -0.2) is 4.98 Å². The second-order valence-electron chi connectivity index (χ2n) is 4.34. The molecule has 2 rings (SSSR count). The zero-order chi connectivity index (χ0) is 12.3. The van der Waals surface area contributed by atoms with E-state index < -0.39 is 0 Å². The molecule has 17 heavy (non-hydrogen) atoms. The lowest BCUT2D eigenvalue weighted by atomic mass is 10.1. The van der Waals surface area contributed by atoms with Gasteiger partial charge in [-0.3, -0.25) is 0 Å². The Balaban J connectivity index is 1.85. The maximum absolute atomic E-state index is 5.66. The second kappa shape index (κ2) is 5.32. The van der Waals surface area contributed by atoms with Gasteiger partial charge >= 0.3 is 0 Å². The molecule has 0 saturated carbocycles. The minimum atomic E-state index is 0.833. The first-order valence-electron chi connectivity index (χ1n) is 5.92. The molecule has 2 nitrogen and oxygen atoms in total. The molecule has 0 saturated heterocycles. The standard InChI is InChI=1S/C14H18N2S/c1-10-11(2)17-14(16-10)5-3-4-12-6-8-13(15)9-7-12/h6-9H,3-5,15H2,1-2H3. The first-order chi connectivity index (χ1) is 8.15. The number of aryl methyl sites for hydroxylation is 4. The fourth-order valence-electron chi connectivity index (χ4n) is 1.77. The fraction of sp³-hybridized carbons (Fsp3) is 0.357. The van der Waals surface area contributed by atoms with Gasteiger partial charge in [-0.1, -0.05) is 12.1 Å². The van der Waals surface area contributed by atoms with Crippen LogP contribution in [0.15, 0.2) is 24.3 Å². The summed E-state index contributed by atoms with van der Waals surface area (Å²) < 4.78 is 0. The van der Waals surface area contributed by atoms with Gasteiger partial charge in [0.15, 0.2) is 0 Å². The summed E-state index contributed by atoms with van der Waals surface area (Å²) >= 11 is 1.82. The maximum atomic E-state index is 5.66. The van der Waals surface area contributed by atoms with E-state index in [1.807, 2.05) is 23.5 Å². The molecular formula is C14H18N2S. The third-order valence-electron chi connectivity index (χ3n) is 2.91. The van der Waals surface area contributed by atoms with Crippen LogP contribution in [0.1, 0.15) is 27.6 Å². The molecule has 1 aromatic heterocycles. The predicted octanol–water partition coefficient (Wildman–Crippen LogP) is 3.52. The van der Waals surface area contributed by atoms with E-state index in [2.05, 4.69) is 31.0 Å². The van der Waals surface area contributed by atoms with Gasteiger partial charge in [0.1, 0.15) is 0 Å². The number of hydrogen-bond acceptors (Lipinski definition) is 3. The smallest absolute Gasteiger partial charge is 0.0930 e. The molecule has 0 aliphatic carbocycles. The molecule has 2 N–H and O–H groups in total. The first kappa shape index (κ1) is 12.1. The zero-order valence-electron chi connectivity index (χ0n) is 10.4. The lowest BCUT2D eigenvalue weighted by Crippen LogP contribution is -1.91. The monoisotopic (exact) mass is 246 g/mol. The number of rotatable bonds is 4. The Morgan fingerprint density at radius 2 is 1.82 bits per heavy atom. The highest BCUT2D eigenvalue weighted by molar-refractivity contribution is 7.11. The van der Waals surface area contributed by atoms with Gasteiger partial charge in [0.2, 0.25) is 0 Å². The summed E-state index contributed by atoms with van der Waals surface area (Å²) in [5, 5.41) is 1.26. The van der Waals surface area contributed by atoms with Crippen molar-refractivity contribution in [3.8, 4) is 0 Å². The van der Waals surface area contributed by atoms with Crippen LogP contribution in [-0.2, 0) is 12.8 Å². The summed E-state index contributed by atoms with van der Waals surface area (Å²) in [5.74, 6) is 0. The minimum absolute atomic E-state index is 0.833.